The van der Waals surface area contributed by atoms with Crippen LogP contribution in [0.15, 0.2) is 24.3 Å². The molecule has 0 fully saturated rings. The highest BCUT2D eigenvalue weighted by atomic mass is 35.5. The van der Waals surface area contributed by atoms with Gasteiger partial charge in [0, 0.05) is 26.2 Å². The SMILES string of the molecule is C[C@@H](N)C(=O)NCCc1cccc(C(=O)N(C)C)c1.Cl. The van der Waals surface area contributed by atoms with E-state index in [0.717, 1.165) is 5.56 Å². The van der Waals surface area contributed by atoms with Gasteiger partial charge in [-0.3, -0.25) is 9.59 Å². The van der Waals surface area contributed by atoms with Crippen LogP contribution < -0.4 is 11.1 Å². The van der Waals surface area contributed by atoms with Crippen molar-refractivity contribution in [3.63, 3.8) is 0 Å². The predicted octanol–water partition coefficient (Wildman–Crippen LogP) is 0.816. The molecule has 0 unspecified atom stereocenters. The molecule has 1 aromatic rings. The molecule has 6 heteroatoms. The molecule has 0 radical (unpaired) electrons. The van der Waals surface area contributed by atoms with E-state index in [0.29, 0.717) is 18.5 Å². The maximum Gasteiger partial charge on any atom is 0.253 e. The number of rotatable bonds is 5. The molecule has 1 atom stereocenters. The van der Waals surface area contributed by atoms with Crippen molar-refractivity contribution >= 4 is 24.2 Å². The summed E-state index contributed by atoms with van der Waals surface area (Å²) in [5.41, 5.74) is 7.12. The molecule has 2 amide bonds. The zero-order valence-corrected chi connectivity index (χ0v) is 12.9. The van der Waals surface area contributed by atoms with E-state index in [1.807, 2.05) is 18.2 Å². The molecule has 0 bridgehead atoms. The molecule has 1 aromatic carbocycles. The minimum absolute atomic E-state index is 0. The number of amides is 2. The number of hydrogen-bond donors (Lipinski definition) is 2. The Bertz CT molecular complexity index is 461. The van der Waals surface area contributed by atoms with E-state index in [4.69, 9.17) is 5.73 Å². The molecule has 0 heterocycles. The number of halogens is 1. The van der Waals surface area contributed by atoms with Crippen LogP contribution >= 0.6 is 12.4 Å². The van der Waals surface area contributed by atoms with Gasteiger partial charge in [0.05, 0.1) is 6.04 Å². The van der Waals surface area contributed by atoms with Crippen molar-refractivity contribution in [1.82, 2.24) is 10.2 Å². The average molecular weight is 300 g/mol. The summed E-state index contributed by atoms with van der Waals surface area (Å²) >= 11 is 0. The number of nitrogens with one attached hydrogen (secondary N) is 1. The third kappa shape index (κ3) is 5.59. The van der Waals surface area contributed by atoms with E-state index in [9.17, 15) is 9.59 Å². The van der Waals surface area contributed by atoms with Crippen LogP contribution in [0, 0.1) is 0 Å². The van der Waals surface area contributed by atoms with Gasteiger partial charge in [0.15, 0.2) is 0 Å². The molecule has 112 valence electrons. The summed E-state index contributed by atoms with van der Waals surface area (Å²) in [4.78, 5) is 24.6. The van der Waals surface area contributed by atoms with Gasteiger partial charge in [0.25, 0.3) is 5.91 Å². The van der Waals surface area contributed by atoms with Crippen molar-refractivity contribution in [3.8, 4) is 0 Å². The Morgan fingerprint density at radius 2 is 2.00 bits per heavy atom. The Morgan fingerprint density at radius 3 is 2.55 bits per heavy atom. The van der Waals surface area contributed by atoms with Gasteiger partial charge in [-0.05, 0) is 31.0 Å². The number of nitrogens with two attached hydrogens (primary N) is 1. The van der Waals surface area contributed by atoms with E-state index in [2.05, 4.69) is 5.32 Å². The average Bonchev–Trinajstić information content (AvgIpc) is 2.37. The van der Waals surface area contributed by atoms with Crippen LogP contribution in [0.5, 0.6) is 0 Å². The first kappa shape index (κ1) is 18.4. The maximum absolute atomic E-state index is 11.8. The minimum atomic E-state index is -0.498. The van der Waals surface area contributed by atoms with Gasteiger partial charge in [-0.2, -0.15) is 0 Å². The Morgan fingerprint density at radius 1 is 1.35 bits per heavy atom. The van der Waals surface area contributed by atoms with Crippen molar-refractivity contribution < 1.29 is 9.59 Å². The second-order valence-electron chi connectivity index (χ2n) is 4.73. The molecule has 0 aliphatic heterocycles. The highest BCUT2D eigenvalue weighted by molar-refractivity contribution is 5.94. The monoisotopic (exact) mass is 299 g/mol. The lowest BCUT2D eigenvalue weighted by Crippen LogP contribution is -2.39. The Labute approximate surface area is 125 Å². The molecule has 5 nitrogen and oxygen atoms in total. The highest BCUT2D eigenvalue weighted by Gasteiger charge is 2.09. The van der Waals surface area contributed by atoms with E-state index < -0.39 is 6.04 Å². The summed E-state index contributed by atoms with van der Waals surface area (Å²) in [7, 11) is 3.44. The summed E-state index contributed by atoms with van der Waals surface area (Å²) < 4.78 is 0. The molecule has 0 saturated carbocycles. The van der Waals surface area contributed by atoms with Gasteiger partial charge in [-0.1, -0.05) is 12.1 Å². The van der Waals surface area contributed by atoms with Gasteiger partial charge in [-0.25, -0.2) is 0 Å². The molecule has 0 saturated heterocycles. The molecule has 0 aliphatic rings. The van der Waals surface area contributed by atoms with Gasteiger partial charge >= 0.3 is 0 Å². The Kier molecular flexibility index (Phi) is 7.87. The second kappa shape index (κ2) is 8.55. The third-order valence-corrected chi connectivity index (χ3v) is 2.71. The normalized spacial score (nSPS) is 11.2. The Hall–Kier alpha value is -1.59. The molecule has 0 spiro atoms. The van der Waals surface area contributed by atoms with Crippen molar-refractivity contribution in [2.45, 2.75) is 19.4 Å². The van der Waals surface area contributed by atoms with Crippen LogP contribution in [0.4, 0.5) is 0 Å². The summed E-state index contributed by atoms with van der Waals surface area (Å²) in [6.07, 6.45) is 0.674. The largest absolute Gasteiger partial charge is 0.354 e. The fraction of sp³-hybridized carbons (Fsp3) is 0.429. The van der Waals surface area contributed by atoms with Gasteiger partial charge < -0.3 is 16.0 Å². The first-order chi connectivity index (χ1) is 8.91. The van der Waals surface area contributed by atoms with Crippen molar-refractivity contribution in [3.05, 3.63) is 35.4 Å². The maximum atomic E-state index is 11.8. The number of hydrogen-bond acceptors (Lipinski definition) is 3. The number of nitrogens with zero attached hydrogens (tertiary/aromatic N) is 1. The summed E-state index contributed by atoms with van der Waals surface area (Å²) in [6, 6.07) is 6.91. The van der Waals surface area contributed by atoms with E-state index >= 15 is 0 Å². The van der Waals surface area contributed by atoms with Crippen LogP contribution in [-0.2, 0) is 11.2 Å². The lowest BCUT2D eigenvalue weighted by atomic mass is 10.1. The van der Waals surface area contributed by atoms with Gasteiger partial charge in [0.2, 0.25) is 5.91 Å². The fourth-order valence-electron chi connectivity index (χ4n) is 1.61. The number of carbonyl (C=O) groups is 2. The van der Waals surface area contributed by atoms with Crippen LogP contribution in [0.25, 0.3) is 0 Å². The zero-order valence-electron chi connectivity index (χ0n) is 12.1. The van der Waals surface area contributed by atoms with Crippen LogP contribution in [-0.4, -0.2) is 43.4 Å². The third-order valence-electron chi connectivity index (χ3n) is 2.71. The zero-order chi connectivity index (χ0) is 14.4. The number of carbonyl (C=O) groups excluding carboxylic acids is 2. The second-order valence-corrected chi connectivity index (χ2v) is 4.73. The minimum Gasteiger partial charge on any atom is -0.354 e. The number of benzene rings is 1. The molecule has 3 N–H and O–H groups in total. The molecule has 1 rings (SSSR count). The molecular weight excluding hydrogens is 278 g/mol. The lowest BCUT2D eigenvalue weighted by Gasteiger charge is -2.11. The summed E-state index contributed by atoms with van der Waals surface area (Å²) in [5.74, 6) is -0.193. The molecule has 0 aromatic heterocycles. The van der Waals surface area contributed by atoms with Crippen LogP contribution in [0.2, 0.25) is 0 Å². The first-order valence-electron chi connectivity index (χ1n) is 6.25. The lowest BCUT2D eigenvalue weighted by molar-refractivity contribution is -0.121. The van der Waals surface area contributed by atoms with Crippen molar-refractivity contribution in [1.29, 1.82) is 0 Å². The topological polar surface area (TPSA) is 75.4 Å². The van der Waals surface area contributed by atoms with Gasteiger partial charge in [0.1, 0.15) is 0 Å². The molecule has 0 aliphatic carbocycles. The Balaban J connectivity index is 0.00000361. The van der Waals surface area contributed by atoms with Crippen molar-refractivity contribution in [2.75, 3.05) is 20.6 Å². The van der Waals surface area contributed by atoms with Crippen LogP contribution in [0.1, 0.15) is 22.8 Å². The first-order valence-corrected chi connectivity index (χ1v) is 6.25. The smallest absolute Gasteiger partial charge is 0.253 e. The standard InChI is InChI=1S/C14H21N3O2.ClH/c1-10(15)13(18)16-8-7-11-5-4-6-12(9-11)14(19)17(2)3;/h4-6,9-10H,7-8,15H2,1-3H3,(H,16,18);1H/t10-;/m1./s1. The fourth-order valence-corrected chi connectivity index (χ4v) is 1.61. The quantitative estimate of drug-likeness (QED) is 0.845. The van der Waals surface area contributed by atoms with E-state index in [1.54, 1.807) is 27.1 Å². The van der Waals surface area contributed by atoms with Crippen molar-refractivity contribution in [2.24, 2.45) is 5.73 Å². The molecule has 20 heavy (non-hydrogen) atoms. The van der Waals surface area contributed by atoms with Crippen LogP contribution in [0.3, 0.4) is 0 Å². The van der Waals surface area contributed by atoms with E-state index in [1.165, 1.54) is 4.90 Å². The highest BCUT2D eigenvalue weighted by Crippen LogP contribution is 2.07. The summed E-state index contributed by atoms with van der Waals surface area (Å²) in [5, 5.41) is 2.74. The molecular formula is C14H22ClN3O2. The van der Waals surface area contributed by atoms with Gasteiger partial charge in [-0.15, -0.1) is 12.4 Å². The summed E-state index contributed by atoms with van der Waals surface area (Å²) in [6.45, 7) is 2.16. The predicted molar refractivity (Wildman–Crippen MR) is 82.1 cm³/mol. The van der Waals surface area contributed by atoms with E-state index in [-0.39, 0.29) is 24.2 Å².